The number of hydrogen-bond donors (Lipinski definition) is 0. The first-order valence-electron chi connectivity index (χ1n) is 5.49. The van der Waals surface area contributed by atoms with Crippen LogP contribution in [0.3, 0.4) is 0 Å². The number of thioether (sulfide) groups is 2. The molecule has 0 saturated carbocycles. The summed E-state index contributed by atoms with van der Waals surface area (Å²) in [6, 6.07) is 0. The Labute approximate surface area is 111 Å². The zero-order valence-electron chi connectivity index (χ0n) is 10.6. The van der Waals surface area contributed by atoms with Crippen LogP contribution < -0.4 is 0 Å². The van der Waals surface area contributed by atoms with E-state index in [0.29, 0.717) is 6.42 Å². The fraction of sp³-hybridized carbons (Fsp3) is 0.818. The SMILES string of the molecule is CCSCCSC(CCC(=O)OC)C(=O)OC. The summed E-state index contributed by atoms with van der Waals surface area (Å²) >= 11 is 3.38. The summed E-state index contributed by atoms with van der Waals surface area (Å²) in [6.07, 6.45) is 0.727. The van der Waals surface area contributed by atoms with Crippen LogP contribution in [0.5, 0.6) is 0 Å². The minimum atomic E-state index is -0.289. The third-order valence-corrected chi connectivity index (χ3v) is 4.48. The lowest BCUT2D eigenvalue weighted by Gasteiger charge is -2.13. The molecule has 0 amide bonds. The Bertz CT molecular complexity index is 234. The maximum absolute atomic E-state index is 11.5. The predicted molar refractivity (Wildman–Crippen MR) is 72.5 cm³/mol. The molecule has 0 aromatic heterocycles. The van der Waals surface area contributed by atoms with E-state index in [4.69, 9.17) is 4.74 Å². The molecular formula is C11H20O4S2. The smallest absolute Gasteiger partial charge is 0.318 e. The molecule has 0 radical (unpaired) electrons. The molecule has 0 N–H and O–H groups in total. The van der Waals surface area contributed by atoms with Gasteiger partial charge >= 0.3 is 11.9 Å². The van der Waals surface area contributed by atoms with Crippen molar-refractivity contribution in [2.24, 2.45) is 0 Å². The largest absolute Gasteiger partial charge is 0.469 e. The molecule has 6 heteroatoms. The van der Waals surface area contributed by atoms with Gasteiger partial charge in [-0.2, -0.15) is 11.8 Å². The minimum absolute atomic E-state index is 0.254. The first-order chi connectivity index (χ1) is 8.15. The molecule has 0 aliphatic heterocycles. The third kappa shape index (κ3) is 8.37. The molecule has 0 heterocycles. The van der Waals surface area contributed by atoms with E-state index in [0.717, 1.165) is 17.3 Å². The van der Waals surface area contributed by atoms with E-state index in [2.05, 4.69) is 11.7 Å². The highest BCUT2D eigenvalue weighted by Gasteiger charge is 2.20. The van der Waals surface area contributed by atoms with Gasteiger partial charge in [-0.25, -0.2) is 0 Å². The van der Waals surface area contributed by atoms with E-state index in [-0.39, 0.29) is 23.6 Å². The molecular weight excluding hydrogens is 260 g/mol. The van der Waals surface area contributed by atoms with Crippen LogP contribution in [0.4, 0.5) is 0 Å². The molecule has 0 spiro atoms. The van der Waals surface area contributed by atoms with Crippen LogP contribution >= 0.6 is 23.5 Å². The lowest BCUT2D eigenvalue weighted by Crippen LogP contribution is -2.21. The molecule has 0 saturated heterocycles. The highest BCUT2D eigenvalue weighted by atomic mass is 32.2. The van der Waals surface area contributed by atoms with Gasteiger partial charge in [-0.3, -0.25) is 9.59 Å². The monoisotopic (exact) mass is 280 g/mol. The Morgan fingerprint density at radius 1 is 1.18 bits per heavy atom. The lowest BCUT2D eigenvalue weighted by atomic mass is 10.2. The standard InChI is InChI=1S/C11H20O4S2/c1-4-16-7-8-17-9(11(13)15-3)5-6-10(12)14-2/h9H,4-8H2,1-3H3. The van der Waals surface area contributed by atoms with Crippen LogP contribution in [0.2, 0.25) is 0 Å². The molecule has 0 fully saturated rings. The van der Waals surface area contributed by atoms with Crippen molar-refractivity contribution >= 4 is 35.5 Å². The van der Waals surface area contributed by atoms with Gasteiger partial charge in [0.2, 0.25) is 0 Å². The van der Waals surface area contributed by atoms with Gasteiger partial charge in [0.15, 0.2) is 0 Å². The number of methoxy groups -OCH3 is 2. The topological polar surface area (TPSA) is 52.6 Å². The van der Waals surface area contributed by atoms with Gasteiger partial charge in [0.25, 0.3) is 0 Å². The van der Waals surface area contributed by atoms with Gasteiger partial charge < -0.3 is 9.47 Å². The maximum atomic E-state index is 11.5. The van der Waals surface area contributed by atoms with Crippen molar-refractivity contribution < 1.29 is 19.1 Å². The second kappa shape index (κ2) is 10.8. The van der Waals surface area contributed by atoms with E-state index in [1.165, 1.54) is 14.2 Å². The fourth-order valence-corrected chi connectivity index (χ4v) is 3.09. The number of hydrogen-bond acceptors (Lipinski definition) is 6. The summed E-state index contributed by atoms with van der Waals surface area (Å²) in [5, 5.41) is -0.267. The molecule has 1 atom stereocenters. The van der Waals surface area contributed by atoms with Crippen molar-refractivity contribution in [2.75, 3.05) is 31.5 Å². The van der Waals surface area contributed by atoms with Crippen molar-refractivity contribution in [2.45, 2.75) is 25.0 Å². The second-order valence-corrected chi connectivity index (χ2v) is 5.90. The van der Waals surface area contributed by atoms with E-state index in [9.17, 15) is 9.59 Å². The van der Waals surface area contributed by atoms with Crippen molar-refractivity contribution in [3.8, 4) is 0 Å². The lowest BCUT2D eigenvalue weighted by molar-refractivity contribution is -0.142. The predicted octanol–water partition coefficient (Wildman–Crippen LogP) is 1.97. The fourth-order valence-electron chi connectivity index (χ4n) is 1.15. The van der Waals surface area contributed by atoms with Crippen molar-refractivity contribution in [3.63, 3.8) is 0 Å². The molecule has 0 aliphatic carbocycles. The number of esters is 2. The Kier molecular flexibility index (Phi) is 10.5. The molecule has 1 unspecified atom stereocenters. The highest BCUT2D eigenvalue weighted by molar-refractivity contribution is 8.03. The van der Waals surface area contributed by atoms with Crippen LogP contribution in [0.1, 0.15) is 19.8 Å². The van der Waals surface area contributed by atoms with E-state index >= 15 is 0 Å². The van der Waals surface area contributed by atoms with Gasteiger partial charge in [-0.1, -0.05) is 6.92 Å². The van der Waals surface area contributed by atoms with Crippen LogP contribution in [0.25, 0.3) is 0 Å². The zero-order valence-corrected chi connectivity index (χ0v) is 12.2. The van der Waals surface area contributed by atoms with Gasteiger partial charge in [0.1, 0.15) is 5.25 Å². The average molecular weight is 280 g/mol. The molecule has 4 nitrogen and oxygen atoms in total. The molecule has 0 aliphatic rings. The third-order valence-electron chi connectivity index (χ3n) is 2.05. The van der Waals surface area contributed by atoms with Gasteiger partial charge in [-0.15, -0.1) is 11.8 Å². The summed E-state index contributed by atoms with van der Waals surface area (Å²) in [6.45, 7) is 2.10. The summed E-state index contributed by atoms with van der Waals surface area (Å²) in [5.41, 5.74) is 0. The number of rotatable bonds is 9. The molecule has 17 heavy (non-hydrogen) atoms. The van der Waals surface area contributed by atoms with Crippen LogP contribution in [-0.2, 0) is 19.1 Å². The van der Waals surface area contributed by atoms with Gasteiger partial charge in [0.05, 0.1) is 14.2 Å². The zero-order chi connectivity index (χ0) is 13.1. The highest BCUT2D eigenvalue weighted by Crippen LogP contribution is 2.19. The average Bonchev–Trinajstić information content (AvgIpc) is 2.36. The minimum Gasteiger partial charge on any atom is -0.469 e. The normalized spacial score (nSPS) is 11.9. The van der Waals surface area contributed by atoms with Crippen molar-refractivity contribution in [1.82, 2.24) is 0 Å². The Morgan fingerprint density at radius 3 is 2.41 bits per heavy atom. The molecule has 0 aromatic carbocycles. The Hall–Kier alpha value is -0.360. The van der Waals surface area contributed by atoms with E-state index in [1.54, 1.807) is 11.8 Å². The Balaban J connectivity index is 3.97. The number of carbonyl (C=O) groups is 2. The summed E-state index contributed by atoms with van der Waals surface area (Å²) in [5.74, 6) is 2.42. The van der Waals surface area contributed by atoms with Gasteiger partial charge in [-0.05, 0) is 12.2 Å². The van der Waals surface area contributed by atoms with Crippen LogP contribution in [0.15, 0.2) is 0 Å². The first-order valence-corrected chi connectivity index (χ1v) is 7.70. The number of carbonyl (C=O) groups excluding carboxylic acids is 2. The Morgan fingerprint density at radius 2 is 1.88 bits per heavy atom. The van der Waals surface area contributed by atoms with Crippen LogP contribution in [-0.4, -0.2) is 48.7 Å². The summed E-state index contributed by atoms with van der Waals surface area (Å²) in [7, 11) is 2.72. The summed E-state index contributed by atoms with van der Waals surface area (Å²) < 4.78 is 9.27. The first kappa shape index (κ1) is 16.6. The van der Waals surface area contributed by atoms with E-state index < -0.39 is 0 Å². The van der Waals surface area contributed by atoms with Crippen molar-refractivity contribution in [1.29, 1.82) is 0 Å². The van der Waals surface area contributed by atoms with E-state index in [1.807, 2.05) is 11.8 Å². The van der Waals surface area contributed by atoms with Gasteiger partial charge in [0, 0.05) is 17.9 Å². The second-order valence-electron chi connectivity index (χ2n) is 3.19. The maximum Gasteiger partial charge on any atom is 0.318 e. The molecule has 0 bridgehead atoms. The van der Waals surface area contributed by atoms with Crippen molar-refractivity contribution in [3.05, 3.63) is 0 Å². The quantitative estimate of drug-likeness (QED) is 0.475. The summed E-state index contributed by atoms with van der Waals surface area (Å²) in [4.78, 5) is 22.5. The number of ether oxygens (including phenoxy) is 2. The molecule has 0 rings (SSSR count). The van der Waals surface area contributed by atoms with Crippen LogP contribution in [0, 0.1) is 0 Å². The molecule has 100 valence electrons. The molecule has 0 aromatic rings.